The molecule has 0 saturated carbocycles. The molecule has 38 heavy (non-hydrogen) atoms. The highest BCUT2D eigenvalue weighted by Crippen LogP contribution is 2.32. The Hall–Kier alpha value is -3.10. The minimum atomic E-state index is -4.11. The third-order valence-electron chi connectivity index (χ3n) is 6.75. The van der Waals surface area contributed by atoms with Crippen molar-refractivity contribution in [1.29, 1.82) is 0 Å². The minimum Gasteiger partial charge on any atom is -0.496 e. The number of hydrogen-bond donors (Lipinski definition) is 1. The highest BCUT2D eigenvalue weighted by molar-refractivity contribution is 7.84. The molecule has 0 aliphatic carbocycles. The second kappa shape index (κ2) is 10.9. The molecule has 2 saturated heterocycles. The van der Waals surface area contributed by atoms with Gasteiger partial charge < -0.3 is 24.0 Å². The Bertz CT molecular complexity index is 1420. The molecule has 2 aliphatic rings. The van der Waals surface area contributed by atoms with Crippen LogP contribution in [0.3, 0.4) is 0 Å². The third-order valence-corrected chi connectivity index (χ3v) is 7.19. The normalized spacial score (nSPS) is 20.6. The number of aromatic nitrogens is 3. The van der Waals surface area contributed by atoms with E-state index in [0.717, 1.165) is 23.3 Å². The maximum absolute atomic E-state index is 11.3. The predicted octanol–water partition coefficient (Wildman–Crippen LogP) is 1.87. The van der Waals surface area contributed by atoms with Gasteiger partial charge in [-0.2, -0.15) is 18.4 Å². The molecule has 2 fully saturated rings. The molecule has 2 atom stereocenters. The fourth-order valence-corrected chi connectivity index (χ4v) is 5.04. The van der Waals surface area contributed by atoms with Crippen molar-refractivity contribution in [3.8, 4) is 17.0 Å². The standard InChI is InChI=1S/C25H32N6O6S/c1-16-13-35-10-8-30(16)24-20-5-6-21(18-4-7-22(34-3)19(12-18)15-37-38(26,32)33)27-23(20)28-25(29-24)31-9-11-36-14-17(31)2/h4-7,12,16-17H,8-11,13-15H2,1-3H3,(H2,26,32,33). The van der Waals surface area contributed by atoms with E-state index in [-0.39, 0.29) is 18.7 Å². The van der Waals surface area contributed by atoms with Crippen LogP contribution in [-0.4, -0.2) is 82.1 Å². The molecular weight excluding hydrogens is 512 g/mol. The maximum Gasteiger partial charge on any atom is 0.333 e. The van der Waals surface area contributed by atoms with Crippen LogP contribution in [0.1, 0.15) is 19.4 Å². The van der Waals surface area contributed by atoms with Gasteiger partial charge >= 0.3 is 10.3 Å². The van der Waals surface area contributed by atoms with E-state index >= 15 is 0 Å². The summed E-state index contributed by atoms with van der Waals surface area (Å²) in [5.41, 5.74) is 2.51. The van der Waals surface area contributed by atoms with Gasteiger partial charge in [0.2, 0.25) is 5.95 Å². The minimum absolute atomic E-state index is 0.127. The first-order valence-corrected chi connectivity index (χ1v) is 13.9. The molecule has 12 nitrogen and oxygen atoms in total. The maximum atomic E-state index is 11.3. The number of anilines is 2. The first-order chi connectivity index (χ1) is 18.2. The van der Waals surface area contributed by atoms with Crippen LogP contribution in [0.2, 0.25) is 0 Å². The van der Waals surface area contributed by atoms with E-state index in [1.165, 1.54) is 7.11 Å². The summed E-state index contributed by atoms with van der Waals surface area (Å²) >= 11 is 0. The van der Waals surface area contributed by atoms with Gasteiger partial charge in [-0.25, -0.2) is 10.1 Å². The van der Waals surface area contributed by atoms with E-state index in [1.54, 1.807) is 12.1 Å². The Kier molecular flexibility index (Phi) is 7.63. The Morgan fingerprint density at radius 1 is 1.00 bits per heavy atom. The molecule has 0 bridgehead atoms. The van der Waals surface area contributed by atoms with Crippen LogP contribution in [0.5, 0.6) is 5.75 Å². The molecule has 2 unspecified atom stereocenters. The van der Waals surface area contributed by atoms with Crippen LogP contribution < -0.4 is 19.7 Å². The van der Waals surface area contributed by atoms with Gasteiger partial charge in [0.1, 0.15) is 11.6 Å². The average molecular weight is 545 g/mol. The number of pyridine rings is 1. The molecule has 0 spiro atoms. The number of benzene rings is 1. The van der Waals surface area contributed by atoms with Crippen molar-refractivity contribution in [3.63, 3.8) is 0 Å². The number of morpholine rings is 2. The quantitative estimate of drug-likeness (QED) is 0.466. The lowest BCUT2D eigenvalue weighted by Crippen LogP contribution is -2.46. The highest BCUT2D eigenvalue weighted by Gasteiger charge is 2.27. The van der Waals surface area contributed by atoms with E-state index in [1.807, 2.05) is 18.2 Å². The predicted molar refractivity (Wildman–Crippen MR) is 142 cm³/mol. The zero-order chi connectivity index (χ0) is 26.9. The van der Waals surface area contributed by atoms with E-state index in [9.17, 15) is 8.42 Å². The van der Waals surface area contributed by atoms with Crippen LogP contribution in [0, 0.1) is 0 Å². The summed E-state index contributed by atoms with van der Waals surface area (Å²) in [6, 6.07) is 9.53. The van der Waals surface area contributed by atoms with Crippen molar-refractivity contribution in [2.24, 2.45) is 5.14 Å². The van der Waals surface area contributed by atoms with Crippen LogP contribution in [0.4, 0.5) is 11.8 Å². The Labute approximate surface area is 221 Å². The molecule has 4 heterocycles. The zero-order valence-electron chi connectivity index (χ0n) is 21.7. The number of nitrogens with two attached hydrogens (primary N) is 1. The van der Waals surface area contributed by atoms with E-state index in [4.69, 9.17) is 38.5 Å². The fraction of sp³-hybridized carbons (Fsp3) is 0.480. The zero-order valence-corrected chi connectivity index (χ0v) is 22.5. The lowest BCUT2D eigenvalue weighted by molar-refractivity contribution is 0.0973. The van der Waals surface area contributed by atoms with Crippen molar-refractivity contribution in [1.82, 2.24) is 15.0 Å². The number of hydrogen-bond acceptors (Lipinski definition) is 11. The van der Waals surface area contributed by atoms with Gasteiger partial charge in [0.05, 0.1) is 63.3 Å². The third kappa shape index (κ3) is 5.66. The number of rotatable bonds is 7. The van der Waals surface area contributed by atoms with Gasteiger partial charge in [0.15, 0.2) is 5.65 Å². The van der Waals surface area contributed by atoms with Crippen molar-refractivity contribution in [3.05, 3.63) is 35.9 Å². The smallest absolute Gasteiger partial charge is 0.333 e. The summed E-state index contributed by atoms with van der Waals surface area (Å²) in [4.78, 5) is 19.2. The molecular formula is C25H32N6O6S. The Morgan fingerprint density at radius 2 is 1.71 bits per heavy atom. The Morgan fingerprint density at radius 3 is 2.37 bits per heavy atom. The molecule has 0 radical (unpaired) electrons. The van der Waals surface area contributed by atoms with Gasteiger partial charge in [-0.15, -0.1) is 0 Å². The molecule has 3 aromatic rings. The summed E-state index contributed by atoms with van der Waals surface area (Å²) in [6.45, 7) is 7.82. The summed E-state index contributed by atoms with van der Waals surface area (Å²) < 4.78 is 44.1. The van der Waals surface area contributed by atoms with E-state index in [0.29, 0.717) is 61.6 Å². The largest absolute Gasteiger partial charge is 0.496 e. The number of nitrogens with zero attached hydrogens (tertiary/aromatic N) is 5. The number of fused-ring (bicyclic) bond motifs is 1. The molecule has 204 valence electrons. The molecule has 2 aromatic heterocycles. The molecule has 0 amide bonds. The van der Waals surface area contributed by atoms with Gasteiger partial charge in [-0.3, -0.25) is 4.18 Å². The summed E-state index contributed by atoms with van der Waals surface area (Å²) in [5, 5.41) is 5.86. The molecule has 5 rings (SSSR count). The monoisotopic (exact) mass is 544 g/mol. The van der Waals surface area contributed by atoms with Gasteiger partial charge in [-0.05, 0) is 44.2 Å². The number of ether oxygens (including phenoxy) is 3. The lowest BCUT2D eigenvalue weighted by Gasteiger charge is -2.37. The van der Waals surface area contributed by atoms with Crippen LogP contribution in [-0.2, 0) is 30.6 Å². The van der Waals surface area contributed by atoms with E-state index < -0.39 is 10.3 Å². The van der Waals surface area contributed by atoms with Gasteiger partial charge in [-0.1, -0.05) is 0 Å². The van der Waals surface area contributed by atoms with Gasteiger partial charge in [0, 0.05) is 24.2 Å². The van der Waals surface area contributed by atoms with Crippen molar-refractivity contribution >= 4 is 33.1 Å². The molecule has 2 aliphatic heterocycles. The Balaban J connectivity index is 1.59. The second-order valence-corrected chi connectivity index (χ2v) is 10.7. The van der Waals surface area contributed by atoms with Crippen LogP contribution in [0.15, 0.2) is 30.3 Å². The topological polar surface area (TPSA) is 142 Å². The average Bonchev–Trinajstić information content (AvgIpc) is 2.91. The summed E-state index contributed by atoms with van der Waals surface area (Å²) in [7, 11) is -2.61. The lowest BCUT2D eigenvalue weighted by atomic mass is 10.1. The first kappa shape index (κ1) is 26.5. The molecule has 2 N–H and O–H groups in total. The molecule has 13 heteroatoms. The summed E-state index contributed by atoms with van der Waals surface area (Å²) in [5.74, 6) is 1.92. The second-order valence-electron chi connectivity index (χ2n) is 9.43. The fourth-order valence-electron chi connectivity index (χ4n) is 4.75. The van der Waals surface area contributed by atoms with Crippen LogP contribution in [0.25, 0.3) is 22.3 Å². The van der Waals surface area contributed by atoms with Crippen molar-refractivity contribution in [2.75, 3.05) is 56.4 Å². The van der Waals surface area contributed by atoms with Gasteiger partial charge in [0.25, 0.3) is 0 Å². The SMILES string of the molecule is COc1ccc(-c2ccc3c(N4CCOCC4C)nc(N4CCOCC4C)nc3n2)cc1COS(N)(=O)=O. The number of methoxy groups -OCH3 is 1. The first-order valence-electron chi connectivity index (χ1n) is 12.5. The van der Waals surface area contributed by atoms with E-state index in [2.05, 4.69) is 23.6 Å². The highest BCUT2D eigenvalue weighted by atomic mass is 32.2. The van der Waals surface area contributed by atoms with Crippen LogP contribution >= 0.6 is 0 Å². The summed E-state index contributed by atoms with van der Waals surface area (Å²) in [6.07, 6.45) is 0. The van der Waals surface area contributed by atoms with Crippen molar-refractivity contribution < 1.29 is 26.8 Å². The van der Waals surface area contributed by atoms with Crippen molar-refractivity contribution in [2.45, 2.75) is 32.5 Å². The molecule has 1 aromatic carbocycles.